The third-order valence-electron chi connectivity index (χ3n) is 2.22. The van der Waals surface area contributed by atoms with E-state index in [0.29, 0.717) is 5.92 Å². The Morgan fingerprint density at radius 3 is 2.91 bits per heavy atom. The van der Waals surface area contributed by atoms with E-state index >= 15 is 0 Å². The van der Waals surface area contributed by atoms with Crippen LogP contribution >= 0.6 is 0 Å². The van der Waals surface area contributed by atoms with Crippen LogP contribution in [-0.4, -0.2) is 49.9 Å². The van der Waals surface area contributed by atoms with Gasteiger partial charge >= 0.3 is 0 Å². The molecule has 0 saturated carbocycles. The van der Waals surface area contributed by atoms with Gasteiger partial charge in [-0.3, -0.25) is 4.79 Å². The van der Waals surface area contributed by atoms with Gasteiger partial charge in [0, 0.05) is 20.1 Å². The van der Waals surface area contributed by atoms with Gasteiger partial charge in [-0.15, -0.1) is 0 Å². The van der Waals surface area contributed by atoms with Crippen LogP contribution in [-0.2, 0) is 4.79 Å². The van der Waals surface area contributed by atoms with E-state index in [1.54, 1.807) is 4.90 Å². The monoisotopic (exact) mass is 156 g/mol. The summed E-state index contributed by atoms with van der Waals surface area (Å²) in [5, 5.41) is 0. The predicted molar refractivity (Wildman–Crippen MR) is 44.3 cm³/mol. The zero-order chi connectivity index (χ0) is 8.27. The van der Waals surface area contributed by atoms with Crippen molar-refractivity contribution in [2.75, 3.05) is 33.7 Å². The minimum Gasteiger partial charge on any atom is -0.348 e. The number of amides is 1. The Morgan fingerprint density at radius 2 is 2.45 bits per heavy atom. The summed E-state index contributed by atoms with van der Waals surface area (Å²) in [7, 11) is 3.96. The van der Waals surface area contributed by atoms with Crippen molar-refractivity contribution in [3.05, 3.63) is 0 Å². The molecule has 0 bridgehead atoms. The molecule has 1 rings (SSSR count). The fourth-order valence-corrected chi connectivity index (χ4v) is 1.63. The molecule has 1 heterocycles. The first-order chi connectivity index (χ1) is 5.22. The van der Waals surface area contributed by atoms with Gasteiger partial charge in [0.05, 0.1) is 0 Å². The van der Waals surface area contributed by atoms with Crippen LogP contribution in [0, 0.1) is 5.92 Å². The molecule has 1 saturated heterocycles. The summed E-state index contributed by atoms with van der Waals surface area (Å²) in [5.74, 6) is 0.690. The van der Waals surface area contributed by atoms with E-state index in [9.17, 15) is 4.79 Å². The molecular weight excluding hydrogens is 140 g/mol. The van der Waals surface area contributed by atoms with Crippen molar-refractivity contribution < 1.29 is 4.79 Å². The standard InChI is InChI=1S/C8H16N2O/c1-9-4-3-8(5-9)6-10(2)7-11/h7-8H,3-6H2,1-2H3. The fourth-order valence-electron chi connectivity index (χ4n) is 1.63. The number of carbonyl (C=O) groups excluding carboxylic acids is 1. The molecule has 0 aromatic rings. The van der Waals surface area contributed by atoms with Gasteiger partial charge in [0.1, 0.15) is 0 Å². The molecule has 1 aliphatic heterocycles. The summed E-state index contributed by atoms with van der Waals surface area (Å²) in [6.07, 6.45) is 2.13. The third kappa shape index (κ3) is 2.50. The highest BCUT2D eigenvalue weighted by molar-refractivity contribution is 5.46. The molecule has 64 valence electrons. The maximum absolute atomic E-state index is 10.3. The van der Waals surface area contributed by atoms with E-state index in [1.807, 2.05) is 7.05 Å². The Bertz CT molecular complexity index is 138. The number of likely N-dealkylation sites (tertiary alicyclic amines) is 1. The Balaban J connectivity index is 2.22. The fraction of sp³-hybridized carbons (Fsp3) is 0.875. The van der Waals surface area contributed by atoms with Crippen LogP contribution in [0.4, 0.5) is 0 Å². The van der Waals surface area contributed by atoms with E-state index in [4.69, 9.17) is 0 Å². The molecule has 1 amide bonds. The van der Waals surface area contributed by atoms with Crippen molar-refractivity contribution in [2.45, 2.75) is 6.42 Å². The lowest BCUT2D eigenvalue weighted by atomic mass is 10.1. The summed E-state index contributed by atoms with van der Waals surface area (Å²) in [6, 6.07) is 0. The average Bonchev–Trinajstić information content (AvgIpc) is 2.35. The van der Waals surface area contributed by atoms with Crippen molar-refractivity contribution >= 4 is 6.41 Å². The van der Waals surface area contributed by atoms with Gasteiger partial charge in [-0.1, -0.05) is 0 Å². The van der Waals surface area contributed by atoms with Crippen LogP contribution in [0.3, 0.4) is 0 Å². The molecule has 1 unspecified atom stereocenters. The van der Waals surface area contributed by atoms with E-state index in [-0.39, 0.29) is 0 Å². The van der Waals surface area contributed by atoms with Crippen LogP contribution in [0.2, 0.25) is 0 Å². The highest BCUT2D eigenvalue weighted by atomic mass is 16.1. The summed E-state index contributed by atoms with van der Waals surface area (Å²) in [4.78, 5) is 14.3. The van der Waals surface area contributed by atoms with Crippen molar-refractivity contribution in [3.63, 3.8) is 0 Å². The summed E-state index contributed by atoms with van der Waals surface area (Å²) < 4.78 is 0. The normalized spacial score (nSPS) is 25.5. The van der Waals surface area contributed by atoms with Crippen molar-refractivity contribution in [1.29, 1.82) is 0 Å². The van der Waals surface area contributed by atoms with Crippen LogP contribution in [0.15, 0.2) is 0 Å². The number of hydrogen-bond acceptors (Lipinski definition) is 2. The van der Waals surface area contributed by atoms with Crippen molar-refractivity contribution in [2.24, 2.45) is 5.92 Å². The number of rotatable bonds is 3. The molecule has 0 aliphatic carbocycles. The average molecular weight is 156 g/mol. The molecular formula is C8H16N2O. The highest BCUT2D eigenvalue weighted by Gasteiger charge is 2.19. The molecule has 1 atom stereocenters. The van der Waals surface area contributed by atoms with Gasteiger partial charge in [-0.25, -0.2) is 0 Å². The summed E-state index contributed by atoms with van der Waals surface area (Å²) >= 11 is 0. The predicted octanol–water partition coefficient (Wildman–Crippen LogP) is 0.0263. The molecule has 1 aliphatic rings. The lowest BCUT2D eigenvalue weighted by Gasteiger charge is -2.15. The van der Waals surface area contributed by atoms with E-state index in [2.05, 4.69) is 11.9 Å². The van der Waals surface area contributed by atoms with Gasteiger partial charge in [0.2, 0.25) is 6.41 Å². The second kappa shape index (κ2) is 3.72. The van der Waals surface area contributed by atoms with Gasteiger partial charge in [0.25, 0.3) is 0 Å². The zero-order valence-corrected chi connectivity index (χ0v) is 7.29. The topological polar surface area (TPSA) is 23.6 Å². The molecule has 3 heteroatoms. The summed E-state index contributed by atoms with van der Waals surface area (Å²) in [5.41, 5.74) is 0. The Morgan fingerprint density at radius 1 is 1.73 bits per heavy atom. The first-order valence-electron chi connectivity index (χ1n) is 4.06. The Hall–Kier alpha value is -0.570. The second-order valence-electron chi connectivity index (χ2n) is 3.46. The quantitative estimate of drug-likeness (QED) is 0.538. The van der Waals surface area contributed by atoms with Crippen LogP contribution in [0.1, 0.15) is 6.42 Å². The van der Waals surface area contributed by atoms with Gasteiger partial charge in [0.15, 0.2) is 0 Å². The molecule has 0 N–H and O–H groups in total. The molecule has 11 heavy (non-hydrogen) atoms. The smallest absolute Gasteiger partial charge is 0.209 e. The largest absolute Gasteiger partial charge is 0.348 e. The van der Waals surface area contributed by atoms with Gasteiger partial charge < -0.3 is 9.80 Å². The third-order valence-corrected chi connectivity index (χ3v) is 2.22. The van der Waals surface area contributed by atoms with Crippen LogP contribution in [0.5, 0.6) is 0 Å². The number of nitrogens with zero attached hydrogens (tertiary/aromatic N) is 2. The lowest BCUT2D eigenvalue weighted by Crippen LogP contribution is -2.26. The van der Waals surface area contributed by atoms with Crippen LogP contribution in [0.25, 0.3) is 0 Å². The molecule has 3 nitrogen and oxygen atoms in total. The Labute approximate surface area is 68.0 Å². The van der Waals surface area contributed by atoms with Crippen LogP contribution < -0.4 is 0 Å². The maximum atomic E-state index is 10.3. The van der Waals surface area contributed by atoms with Gasteiger partial charge in [-0.2, -0.15) is 0 Å². The lowest BCUT2D eigenvalue weighted by molar-refractivity contribution is -0.117. The van der Waals surface area contributed by atoms with Gasteiger partial charge in [-0.05, 0) is 25.9 Å². The van der Waals surface area contributed by atoms with E-state index in [1.165, 1.54) is 13.0 Å². The SMILES string of the molecule is CN(C=O)CC1CCN(C)C1. The molecule has 0 radical (unpaired) electrons. The van der Waals surface area contributed by atoms with E-state index < -0.39 is 0 Å². The Kier molecular flexibility index (Phi) is 2.88. The first-order valence-corrected chi connectivity index (χ1v) is 4.06. The summed E-state index contributed by atoms with van der Waals surface area (Å²) in [6.45, 7) is 3.23. The zero-order valence-electron chi connectivity index (χ0n) is 7.29. The highest BCUT2D eigenvalue weighted by Crippen LogP contribution is 2.14. The minimum atomic E-state index is 0.690. The molecule has 1 fully saturated rings. The molecule has 0 aromatic carbocycles. The van der Waals surface area contributed by atoms with Crippen molar-refractivity contribution in [3.8, 4) is 0 Å². The number of hydrogen-bond donors (Lipinski definition) is 0. The maximum Gasteiger partial charge on any atom is 0.209 e. The molecule has 0 spiro atoms. The second-order valence-corrected chi connectivity index (χ2v) is 3.46. The number of carbonyl (C=O) groups is 1. The van der Waals surface area contributed by atoms with Crippen molar-refractivity contribution in [1.82, 2.24) is 9.80 Å². The molecule has 0 aromatic heterocycles. The first kappa shape index (κ1) is 8.53. The van der Waals surface area contributed by atoms with E-state index in [0.717, 1.165) is 19.5 Å². The minimum absolute atomic E-state index is 0.690.